The summed E-state index contributed by atoms with van der Waals surface area (Å²) >= 11 is 0. The maximum Gasteiger partial charge on any atom is 0.138 e. The quantitative estimate of drug-likeness (QED) is 0.756. The Kier molecular flexibility index (Phi) is 3.41. The molecule has 15 heavy (non-hydrogen) atoms. The first-order valence-corrected chi connectivity index (χ1v) is 5.90. The largest absolute Gasteiger partial charge is 0.361 e. The van der Waals surface area contributed by atoms with Crippen LogP contribution in [0, 0.1) is 19.8 Å². The first-order chi connectivity index (χ1) is 7.27. The molecule has 3 nitrogen and oxygen atoms in total. The van der Waals surface area contributed by atoms with Crippen LogP contribution in [-0.2, 0) is 6.54 Å². The summed E-state index contributed by atoms with van der Waals surface area (Å²) in [5.41, 5.74) is 2.24. The highest BCUT2D eigenvalue weighted by Crippen LogP contribution is 2.28. The Morgan fingerprint density at radius 1 is 1.40 bits per heavy atom. The number of aromatic nitrogens is 1. The van der Waals surface area contributed by atoms with E-state index in [4.69, 9.17) is 4.52 Å². The normalized spacial score (nSPS) is 16.7. The molecule has 1 aliphatic rings. The van der Waals surface area contributed by atoms with Crippen molar-refractivity contribution in [1.29, 1.82) is 0 Å². The predicted molar refractivity (Wildman–Crippen MR) is 59.6 cm³/mol. The zero-order valence-electron chi connectivity index (χ0n) is 9.68. The minimum absolute atomic E-state index is 0.897. The average Bonchev–Trinajstić information content (AvgIpc) is 2.45. The van der Waals surface area contributed by atoms with Gasteiger partial charge in [-0.3, -0.25) is 0 Å². The van der Waals surface area contributed by atoms with E-state index in [1.54, 1.807) is 0 Å². The van der Waals surface area contributed by atoms with Gasteiger partial charge in [-0.2, -0.15) is 0 Å². The van der Waals surface area contributed by atoms with Gasteiger partial charge in [-0.15, -0.1) is 0 Å². The second-order valence-corrected chi connectivity index (χ2v) is 4.57. The molecule has 1 heterocycles. The van der Waals surface area contributed by atoms with Gasteiger partial charge in [0.25, 0.3) is 0 Å². The first-order valence-electron chi connectivity index (χ1n) is 5.90. The molecule has 0 radical (unpaired) electrons. The van der Waals surface area contributed by atoms with Crippen molar-refractivity contribution in [3.63, 3.8) is 0 Å². The predicted octanol–water partition coefficient (Wildman–Crippen LogP) is 2.57. The molecule has 0 bridgehead atoms. The van der Waals surface area contributed by atoms with Gasteiger partial charge in [0.05, 0.1) is 5.69 Å². The number of aryl methyl sites for hydroxylation is 2. The van der Waals surface area contributed by atoms with Gasteiger partial charge in [-0.1, -0.05) is 24.4 Å². The highest BCUT2D eigenvalue weighted by atomic mass is 16.5. The van der Waals surface area contributed by atoms with Crippen molar-refractivity contribution in [3.8, 4) is 0 Å². The number of hydrogen-bond donors (Lipinski definition) is 1. The Morgan fingerprint density at radius 3 is 2.73 bits per heavy atom. The van der Waals surface area contributed by atoms with Gasteiger partial charge in [0, 0.05) is 12.1 Å². The fourth-order valence-electron chi connectivity index (χ4n) is 2.06. The number of rotatable bonds is 5. The van der Waals surface area contributed by atoms with Crippen molar-refractivity contribution in [1.82, 2.24) is 10.5 Å². The van der Waals surface area contributed by atoms with Crippen LogP contribution in [0.3, 0.4) is 0 Å². The highest BCUT2D eigenvalue weighted by molar-refractivity contribution is 5.20. The minimum atomic E-state index is 0.897. The van der Waals surface area contributed by atoms with Gasteiger partial charge in [0.2, 0.25) is 0 Å². The lowest BCUT2D eigenvalue weighted by atomic mass is 9.83. The number of hydrogen-bond acceptors (Lipinski definition) is 3. The molecule has 1 aliphatic carbocycles. The summed E-state index contributed by atoms with van der Waals surface area (Å²) in [6, 6.07) is 0. The standard InChI is InChI=1S/C12H20N2O/c1-9-12(10(2)15-14-9)8-13-7-6-11-4-3-5-11/h11,13H,3-8H2,1-2H3. The van der Waals surface area contributed by atoms with Crippen LogP contribution >= 0.6 is 0 Å². The van der Waals surface area contributed by atoms with E-state index in [0.29, 0.717) is 0 Å². The maximum absolute atomic E-state index is 5.12. The summed E-state index contributed by atoms with van der Waals surface area (Å²) in [4.78, 5) is 0. The molecule has 0 aliphatic heterocycles. The van der Waals surface area contributed by atoms with E-state index in [1.165, 1.54) is 31.2 Å². The fourth-order valence-corrected chi connectivity index (χ4v) is 2.06. The highest BCUT2D eigenvalue weighted by Gasteiger charge is 2.16. The van der Waals surface area contributed by atoms with Crippen molar-refractivity contribution in [2.45, 2.75) is 46.1 Å². The third-order valence-electron chi connectivity index (χ3n) is 3.44. The van der Waals surface area contributed by atoms with E-state index in [0.717, 1.165) is 30.5 Å². The van der Waals surface area contributed by atoms with Crippen molar-refractivity contribution in [2.24, 2.45) is 5.92 Å². The molecule has 0 atom stereocenters. The first kappa shape index (κ1) is 10.7. The Balaban J connectivity index is 1.68. The average molecular weight is 208 g/mol. The Hall–Kier alpha value is -0.830. The topological polar surface area (TPSA) is 38.1 Å². The van der Waals surface area contributed by atoms with Crippen LogP contribution in [-0.4, -0.2) is 11.7 Å². The summed E-state index contributed by atoms with van der Waals surface area (Å²) < 4.78 is 5.12. The second-order valence-electron chi connectivity index (χ2n) is 4.57. The van der Waals surface area contributed by atoms with Crippen LogP contribution in [0.25, 0.3) is 0 Å². The molecule has 0 spiro atoms. The van der Waals surface area contributed by atoms with Crippen LogP contribution in [0.15, 0.2) is 4.52 Å². The van der Waals surface area contributed by atoms with E-state index in [9.17, 15) is 0 Å². The summed E-state index contributed by atoms with van der Waals surface area (Å²) in [5.74, 6) is 1.94. The molecule has 1 saturated carbocycles. The lowest BCUT2D eigenvalue weighted by Gasteiger charge is -2.25. The molecule has 0 aromatic carbocycles. The molecule has 3 heteroatoms. The number of nitrogens with zero attached hydrogens (tertiary/aromatic N) is 1. The zero-order chi connectivity index (χ0) is 10.7. The lowest BCUT2D eigenvalue weighted by molar-refractivity contribution is 0.292. The van der Waals surface area contributed by atoms with E-state index < -0.39 is 0 Å². The van der Waals surface area contributed by atoms with Crippen molar-refractivity contribution in [3.05, 3.63) is 17.0 Å². The van der Waals surface area contributed by atoms with Crippen LogP contribution < -0.4 is 5.32 Å². The summed E-state index contributed by atoms with van der Waals surface area (Å²) in [7, 11) is 0. The van der Waals surface area contributed by atoms with Gasteiger partial charge < -0.3 is 9.84 Å². The Bertz CT molecular complexity index is 296. The van der Waals surface area contributed by atoms with E-state index in [-0.39, 0.29) is 0 Å². The SMILES string of the molecule is Cc1noc(C)c1CNCCC1CCC1. The minimum Gasteiger partial charge on any atom is -0.361 e. The molecule has 1 N–H and O–H groups in total. The lowest BCUT2D eigenvalue weighted by Crippen LogP contribution is -2.21. The molecule has 0 saturated heterocycles. The second kappa shape index (κ2) is 4.79. The molecule has 0 unspecified atom stereocenters. The van der Waals surface area contributed by atoms with Crippen LogP contribution in [0.4, 0.5) is 0 Å². The van der Waals surface area contributed by atoms with Crippen LogP contribution in [0.2, 0.25) is 0 Å². The van der Waals surface area contributed by atoms with Gasteiger partial charge in [0.1, 0.15) is 5.76 Å². The van der Waals surface area contributed by atoms with E-state index in [1.807, 2.05) is 13.8 Å². The molecular weight excluding hydrogens is 188 g/mol. The molecule has 2 rings (SSSR count). The molecule has 84 valence electrons. The summed E-state index contributed by atoms with van der Waals surface area (Å²) in [6.45, 7) is 5.99. The van der Waals surface area contributed by atoms with Crippen molar-refractivity contribution in [2.75, 3.05) is 6.54 Å². The molecular formula is C12H20N2O. The van der Waals surface area contributed by atoms with Crippen molar-refractivity contribution < 1.29 is 4.52 Å². The van der Waals surface area contributed by atoms with Crippen LogP contribution in [0.1, 0.15) is 42.7 Å². The van der Waals surface area contributed by atoms with Gasteiger partial charge in [-0.05, 0) is 32.7 Å². The Labute approximate surface area is 91.2 Å². The summed E-state index contributed by atoms with van der Waals surface area (Å²) in [6.07, 6.45) is 5.64. The zero-order valence-corrected chi connectivity index (χ0v) is 9.68. The monoisotopic (exact) mass is 208 g/mol. The van der Waals surface area contributed by atoms with Gasteiger partial charge >= 0.3 is 0 Å². The molecule has 1 aromatic heterocycles. The molecule has 1 fully saturated rings. The van der Waals surface area contributed by atoms with Gasteiger partial charge in [-0.25, -0.2) is 0 Å². The number of nitrogens with one attached hydrogen (secondary N) is 1. The van der Waals surface area contributed by atoms with Gasteiger partial charge in [0.15, 0.2) is 0 Å². The van der Waals surface area contributed by atoms with Crippen LogP contribution in [0.5, 0.6) is 0 Å². The third-order valence-corrected chi connectivity index (χ3v) is 3.44. The fraction of sp³-hybridized carbons (Fsp3) is 0.750. The molecule has 1 aromatic rings. The smallest absolute Gasteiger partial charge is 0.138 e. The van der Waals surface area contributed by atoms with E-state index in [2.05, 4.69) is 10.5 Å². The Morgan fingerprint density at radius 2 is 2.20 bits per heavy atom. The summed E-state index contributed by atoms with van der Waals surface area (Å²) in [5, 5.41) is 7.41. The molecule has 0 amide bonds. The van der Waals surface area contributed by atoms with E-state index >= 15 is 0 Å². The van der Waals surface area contributed by atoms with Crippen molar-refractivity contribution >= 4 is 0 Å². The maximum atomic E-state index is 5.12. The third kappa shape index (κ3) is 2.59.